The maximum atomic E-state index is 11.5. The van der Waals surface area contributed by atoms with Gasteiger partial charge in [0.25, 0.3) is 11.7 Å². The summed E-state index contributed by atoms with van der Waals surface area (Å²) in [6, 6.07) is 12.2. The molecule has 2 aromatic rings. The fourth-order valence-corrected chi connectivity index (χ4v) is 3.05. The third-order valence-electron chi connectivity index (χ3n) is 4.56. The minimum atomic E-state index is -0.525. The molecular weight excluding hydrogens is 435 g/mol. The van der Waals surface area contributed by atoms with E-state index < -0.39 is 23.5 Å². The van der Waals surface area contributed by atoms with E-state index in [0.717, 1.165) is 25.1 Å². The summed E-state index contributed by atoms with van der Waals surface area (Å²) < 4.78 is 0. The number of carbonyl (C=O) groups excluding carboxylic acids is 4. The van der Waals surface area contributed by atoms with Crippen LogP contribution in [0.5, 0.6) is 0 Å². The van der Waals surface area contributed by atoms with E-state index in [2.05, 4.69) is 22.1 Å². The number of fused-ring (bicyclic) bond motifs is 2. The zero-order valence-electron chi connectivity index (χ0n) is 14.8. The van der Waals surface area contributed by atoms with Crippen LogP contribution in [0, 0.1) is 6.54 Å². The first-order valence-electron chi connectivity index (χ1n) is 8.48. The van der Waals surface area contributed by atoms with E-state index in [1.54, 1.807) is 30.3 Å². The first kappa shape index (κ1) is 20.5. The second kappa shape index (κ2) is 8.43. The number of Topliss-reactive ketones (excluding diaryl/α,β-unsaturated/α-hetero) is 1. The maximum Gasteiger partial charge on any atom is 0.296 e. The Morgan fingerprint density at radius 1 is 0.964 bits per heavy atom. The second-order valence-corrected chi connectivity index (χ2v) is 6.37. The summed E-state index contributed by atoms with van der Waals surface area (Å²) >= 11 is 0. The van der Waals surface area contributed by atoms with Gasteiger partial charge in [0.05, 0.1) is 23.1 Å². The average Bonchev–Trinajstić information content (AvgIpc) is 3.09. The number of rotatable bonds is 2. The largest absolute Gasteiger partial charge is 0.587 e. The van der Waals surface area contributed by atoms with Gasteiger partial charge in [-0.15, -0.1) is 0 Å². The summed E-state index contributed by atoms with van der Waals surface area (Å²) in [4.78, 5) is 46.6. The summed E-state index contributed by atoms with van der Waals surface area (Å²) in [5.74, 6) is -1.80. The molecule has 0 saturated carbocycles. The Balaban J connectivity index is 0.000000165. The van der Waals surface area contributed by atoms with Crippen molar-refractivity contribution in [3.8, 4) is 0 Å². The predicted molar refractivity (Wildman–Crippen MR) is 97.2 cm³/mol. The van der Waals surface area contributed by atoms with E-state index in [9.17, 15) is 19.2 Å². The number of benzene rings is 2. The Morgan fingerprint density at radius 2 is 1.61 bits per heavy atom. The molecule has 5 rings (SSSR count). The Bertz CT molecular complexity index is 952. The zero-order chi connectivity index (χ0) is 19.0. The molecule has 0 bridgehead atoms. The van der Waals surface area contributed by atoms with Crippen LogP contribution in [-0.4, -0.2) is 34.9 Å². The molecule has 3 aliphatic rings. The molecule has 3 amide bonds. The number of nitrogens with zero attached hydrogens (tertiary/aromatic N) is 2. The number of hydrogen-bond acceptors (Lipinski definition) is 5. The van der Waals surface area contributed by atoms with Crippen molar-refractivity contribution in [1.29, 1.82) is 0 Å². The van der Waals surface area contributed by atoms with Crippen LogP contribution in [0.25, 0.3) is 5.32 Å². The van der Waals surface area contributed by atoms with Gasteiger partial charge in [0.1, 0.15) is 0 Å². The Morgan fingerprint density at radius 3 is 2.18 bits per heavy atom. The number of ketones is 1. The molecule has 0 unspecified atom stereocenters. The van der Waals surface area contributed by atoms with Crippen LogP contribution in [0.3, 0.4) is 0 Å². The van der Waals surface area contributed by atoms with Crippen LogP contribution in [0.4, 0.5) is 5.69 Å². The fraction of sp³-hybridized carbons (Fsp3) is 0.150. The van der Waals surface area contributed by atoms with Crippen molar-refractivity contribution >= 4 is 29.2 Å². The normalized spacial score (nSPS) is 16.7. The van der Waals surface area contributed by atoms with E-state index in [0.29, 0.717) is 22.4 Å². The second-order valence-electron chi connectivity index (χ2n) is 6.37. The summed E-state index contributed by atoms with van der Waals surface area (Å²) in [5.41, 5.74) is 3.03. The summed E-state index contributed by atoms with van der Waals surface area (Å²) in [6.07, 6.45) is 1.13. The smallest absolute Gasteiger partial charge is 0.296 e. The maximum absolute atomic E-state index is 11.5. The summed E-state index contributed by atoms with van der Waals surface area (Å²) in [7, 11) is 0. The van der Waals surface area contributed by atoms with Crippen LogP contribution >= 0.6 is 0 Å². The molecule has 0 aromatic heterocycles. The molecule has 3 heterocycles. The first-order valence-corrected chi connectivity index (χ1v) is 8.48. The van der Waals surface area contributed by atoms with Gasteiger partial charge in [0.2, 0.25) is 0 Å². The van der Waals surface area contributed by atoms with Crippen molar-refractivity contribution < 1.29 is 51.9 Å². The molecule has 0 spiro atoms. The van der Waals surface area contributed by atoms with Gasteiger partial charge in [-0.3, -0.25) is 16.1 Å². The van der Waals surface area contributed by atoms with Crippen LogP contribution in [-0.2, 0) is 44.0 Å². The molecule has 0 aliphatic carbocycles. The Kier molecular flexibility index (Phi) is 6.18. The van der Waals surface area contributed by atoms with Gasteiger partial charge >= 0.3 is 0 Å². The monoisotopic (exact) mass is 450 g/mol. The van der Waals surface area contributed by atoms with E-state index >= 15 is 0 Å². The van der Waals surface area contributed by atoms with Crippen molar-refractivity contribution in [2.24, 2.45) is 0 Å². The molecular formula is C20H15N3O4Y-2. The standard InChI is InChI=1S/C12H11N2O2.C8H5NO2.Y/c15-11-9-6-8(7-14-4-1-5-14)2-3-10(9)13-12(11)16;10-7-5-3-1-2-4-6(5)8(11)9-7;/h2-4,6H,1,5,7H2,(H,13,15,16);1-4H,(H,9,10,11);/q-1;;/p-1. The minimum Gasteiger partial charge on any atom is -0.587 e. The van der Waals surface area contributed by atoms with Crippen LogP contribution in [0.2, 0.25) is 0 Å². The van der Waals surface area contributed by atoms with Gasteiger partial charge in [-0.2, -0.15) is 6.42 Å². The number of nitrogens with one attached hydrogen (secondary N) is 1. The van der Waals surface area contributed by atoms with Crippen molar-refractivity contribution in [3.05, 3.63) is 76.6 Å². The van der Waals surface area contributed by atoms with Gasteiger partial charge < -0.3 is 25.1 Å². The van der Waals surface area contributed by atoms with Crippen LogP contribution in [0.1, 0.15) is 43.1 Å². The third kappa shape index (κ3) is 3.97. The summed E-state index contributed by atoms with van der Waals surface area (Å²) in [5, 5.41) is 5.82. The third-order valence-corrected chi connectivity index (χ3v) is 4.56. The van der Waals surface area contributed by atoms with Gasteiger partial charge in [0.15, 0.2) is 0 Å². The van der Waals surface area contributed by atoms with Gasteiger partial charge in [-0.25, -0.2) is 0 Å². The molecule has 1 saturated heterocycles. The summed E-state index contributed by atoms with van der Waals surface area (Å²) in [6.45, 7) is 4.02. The van der Waals surface area contributed by atoms with Crippen molar-refractivity contribution in [1.82, 2.24) is 4.90 Å². The van der Waals surface area contributed by atoms with Gasteiger partial charge in [-0.05, 0) is 24.2 Å². The number of amides is 3. The first-order chi connectivity index (χ1) is 13.0. The molecule has 139 valence electrons. The number of imide groups is 1. The molecule has 7 nitrogen and oxygen atoms in total. The Labute approximate surface area is 186 Å². The Hall–Kier alpha value is -2.22. The quantitative estimate of drug-likeness (QED) is 0.431. The van der Waals surface area contributed by atoms with Crippen LogP contribution < -0.4 is 5.32 Å². The molecule has 2 aromatic carbocycles. The van der Waals surface area contributed by atoms with Gasteiger partial charge in [0, 0.05) is 43.8 Å². The molecule has 3 aliphatic heterocycles. The predicted octanol–water partition coefficient (Wildman–Crippen LogP) is 2.54. The molecule has 1 radical (unpaired) electrons. The van der Waals surface area contributed by atoms with Crippen molar-refractivity contribution in [3.63, 3.8) is 0 Å². The van der Waals surface area contributed by atoms with E-state index in [1.807, 2.05) is 12.1 Å². The van der Waals surface area contributed by atoms with Gasteiger partial charge in [-0.1, -0.05) is 36.9 Å². The topological polar surface area (TPSA) is 97.7 Å². The molecule has 28 heavy (non-hydrogen) atoms. The van der Waals surface area contributed by atoms with E-state index in [4.69, 9.17) is 0 Å². The molecule has 1 N–H and O–H groups in total. The minimum absolute atomic E-state index is 0. The molecule has 1 fully saturated rings. The van der Waals surface area contributed by atoms with E-state index in [-0.39, 0.29) is 32.7 Å². The number of likely N-dealkylation sites (tertiary alicyclic amines) is 1. The molecule has 8 heteroatoms. The number of carbonyl (C=O) groups is 4. The zero-order valence-corrected chi connectivity index (χ0v) is 17.7. The number of anilines is 1. The van der Waals surface area contributed by atoms with Crippen molar-refractivity contribution in [2.75, 3.05) is 11.9 Å². The number of hydrogen-bond donors (Lipinski definition) is 1. The van der Waals surface area contributed by atoms with Crippen LogP contribution in [0.15, 0.2) is 42.5 Å². The average molecular weight is 450 g/mol. The SMILES string of the molecule is O=C1Nc2ccc(CN3[CH-]CC3)cc2C1=O.O=C1[N-]C(=O)c2ccccc21.[Y]. The molecule has 0 atom stereocenters. The van der Waals surface area contributed by atoms with Crippen molar-refractivity contribution in [2.45, 2.75) is 13.0 Å². The van der Waals surface area contributed by atoms with E-state index in [1.165, 1.54) is 0 Å². The fourth-order valence-electron chi connectivity index (χ4n) is 3.05.